The van der Waals surface area contributed by atoms with E-state index in [1.807, 2.05) is 0 Å². The number of H-pyrrole nitrogens is 1. The van der Waals surface area contributed by atoms with Crippen molar-refractivity contribution in [2.24, 2.45) is 0 Å². The molecule has 0 amide bonds. The van der Waals surface area contributed by atoms with Crippen LogP contribution in [0.1, 0.15) is 0 Å². The van der Waals surface area contributed by atoms with Crippen molar-refractivity contribution in [1.29, 1.82) is 0 Å². The number of pyridine rings is 1. The smallest absolute Gasteiger partial charge is 0.248 e. The largest absolute Gasteiger partial charge is 0.435 e. The summed E-state index contributed by atoms with van der Waals surface area (Å²) in [5.74, 6) is 0.378. The van der Waals surface area contributed by atoms with Crippen molar-refractivity contribution in [3.8, 4) is 11.6 Å². The van der Waals surface area contributed by atoms with Crippen LogP contribution in [-0.2, 0) is 0 Å². The number of hydrogen-bond donors (Lipinski definition) is 2. The first-order valence-electron chi connectivity index (χ1n) is 5.08. The van der Waals surface area contributed by atoms with Gasteiger partial charge in [0.15, 0.2) is 5.58 Å². The molecule has 0 atom stereocenters. The zero-order valence-electron chi connectivity index (χ0n) is 8.81. The monoisotopic (exact) mass is 227 g/mol. The molecule has 5 nitrogen and oxygen atoms in total. The van der Waals surface area contributed by atoms with Crippen LogP contribution >= 0.6 is 0 Å². The normalized spacial score (nSPS) is 10.8. The van der Waals surface area contributed by atoms with Crippen LogP contribution < -0.4 is 11.3 Å². The maximum atomic E-state index is 11.2. The molecule has 1 aromatic carbocycles. The van der Waals surface area contributed by atoms with E-state index in [4.69, 9.17) is 10.2 Å². The Hall–Kier alpha value is -2.56. The molecule has 17 heavy (non-hydrogen) atoms. The first-order chi connectivity index (χ1) is 8.22. The maximum absolute atomic E-state index is 11.2. The van der Waals surface area contributed by atoms with Crippen LogP contribution in [0, 0.1) is 0 Å². The van der Waals surface area contributed by atoms with Crippen LogP contribution in [0.4, 0.5) is 5.69 Å². The SMILES string of the molecule is Nc1ccc2oc(-c3cccc(=O)[nH]3)nc2c1. The molecule has 2 aromatic heterocycles. The number of rotatable bonds is 1. The second kappa shape index (κ2) is 3.48. The molecule has 0 radical (unpaired) electrons. The summed E-state index contributed by atoms with van der Waals surface area (Å²) in [5.41, 5.74) is 7.95. The Morgan fingerprint density at radius 3 is 2.94 bits per heavy atom. The summed E-state index contributed by atoms with van der Waals surface area (Å²) in [6.45, 7) is 0. The Morgan fingerprint density at radius 2 is 2.12 bits per heavy atom. The number of nitrogen functional groups attached to an aromatic ring is 1. The minimum absolute atomic E-state index is 0.190. The zero-order chi connectivity index (χ0) is 11.8. The standard InChI is InChI=1S/C12H9N3O2/c13-7-4-5-10-9(6-7)15-12(17-10)8-2-1-3-11(16)14-8/h1-6H,13H2,(H,14,16). The molecule has 0 aliphatic carbocycles. The number of oxazole rings is 1. The van der Waals surface area contributed by atoms with Gasteiger partial charge in [-0.05, 0) is 24.3 Å². The van der Waals surface area contributed by atoms with Gasteiger partial charge in [-0.25, -0.2) is 4.98 Å². The van der Waals surface area contributed by atoms with Crippen LogP contribution in [0.2, 0.25) is 0 Å². The number of benzene rings is 1. The van der Waals surface area contributed by atoms with Crippen molar-refractivity contribution in [3.05, 3.63) is 46.8 Å². The van der Waals surface area contributed by atoms with Crippen LogP contribution in [0.3, 0.4) is 0 Å². The van der Waals surface area contributed by atoms with E-state index in [0.29, 0.717) is 28.4 Å². The highest BCUT2D eigenvalue weighted by molar-refractivity contribution is 5.78. The molecule has 0 aliphatic rings. The molecule has 0 bridgehead atoms. The molecule has 5 heteroatoms. The van der Waals surface area contributed by atoms with E-state index in [2.05, 4.69) is 9.97 Å². The number of aromatic amines is 1. The van der Waals surface area contributed by atoms with Gasteiger partial charge in [0.2, 0.25) is 11.4 Å². The minimum atomic E-state index is -0.190. The number of nitrogens with two attached hydrogens (primary N) is 1. The summed E-state index contributed by atoms with van der Waals surface area (Å²) in [5, 5.41) is 0. The van der Waals surface area contributed by atoms with E-state index < -0.39 is 0 Å². The van der Waals surface area contributed by atoms with E-state index in [9.17, 15) is 4.79 Å². The molecular formula is C12H9N3O2. The van der Waals surface area contributed by atoms with Gasteiger partial charge in [-0.15, -0.1) is 0 Å². The topological polar surface area (TPSA) is 84.9 Å². The first kappa shape index (κ1) is 9.65. The van der Waals surface area contributed by atoms with Crippen molar-refractivity contribution in [2.75, 3.05) is 5.73 Å². The molecule has 84 valence electrons. The number of fused-ring (bicyclic) bond motifs is 1. The lowest BCUT2D eigenvalue weighted by atomic mass is 10.3. The molecule has 3 aromatic rings. The van der Waals surface area contributed by atoms with Crippen molar-refractivity contribution >= 4 is 16.8 Å². The number of hydrogen-bond acceptors (Lipinski definition) is 4. The number of anilines is 1. The van der Waals surface area contributed by atoms with Gasteiger partial charge in [0.05, 0.1) is 0 Å². The fraction of sp³-hybridized carbons (Fsp3) is 0. The molecule has 0 saturated carbocycles. The summed E-state index contributed by atoms with van der Waals surface area (Å²) in [7, 11) is 0. The minimum Gasteiger partial charge on any atom is -0.435 e. The summed E-state index contributed by atoms with van der Waals surface area (Å²) in [4.78, 5) is 18.1. The van der Waals surface area contributed by atoms with Gasteiger partial charge in [0.25, 0.3) is 0 Å². The molecule has 0 spiro atoms. The number of aromatic nitrogens is 2. The summed E-state index contributed by atoms with van der Waals surface area (Å²) in [6, 6.07) is 10.0. The van der Waals surface area contributed by atoms with E-state index >= 15 is 0 Å². The summed E-state index contributed by atoms with van der Waals surface area (Å²) < 4.78 is 5.53. The third-order valence-electron chi connectivity index (χ3n) is 2.41. The van der Waals surface area contributed by atoms with Crippen LogP contribution in [0.15, 0.2) is 45.6 Å². The number of nitrogens with one attached hydrogen (secondary N) is 1. The molecule has 3 N–H and O–H groups in total. The molecule has 0 aliphatic heterocycles. The Labute approximate surface area is 95.9 Å². The Balaban J connectivity index is 2.21. The van der Waals surface area contributed by atoms with Crippen molar-refractivity contribution in [2.45, 2.75) is 0 Å². The predicted molar refractivity (Wildman–Crippen MR) is 64.5 cm³/mol. The zero-order valence-corrected chi connectivity index (χ0v) is 8.81. The predicted octanol–water partition coefficient (Wildman–Crippen LogP) is 1.77. The third-order valence-corrected chi connectivity index (χ3v) is 2.41. The molecule has 0 saturated heterocycles. The lowest BCUT2D eigenvalue weighted by Gasteiger charge is -1.92. The average Bonchev–Trinajstić information content (AvgIpc) is 2.72. The molecular weight excluding hydrogens is 218 g/mol. The van der Waals surface area contributed by atoms with Gasteiger partial charge in [-0.3, -0.25) is 4.79 Å². The lowest BCUT2D eigenvalue weighted by Crippen LogP contribution is -2.03. The Bertz CT molecular complexity index is 743. The van der Waals surface area contributed by atoms with E-state index in [1.54, 1.807) is 30.3 Å². The van der Waals surface area contributed by atoms with Crippen LogP contribution in [-0.4, -0.2) is 9.97 Å². The lowest BCUT2D eigenvalue weighted by molar-refractivity contribution is 0.616. The average molecular weight is 227 g/mol. The second-order valence-corrected chi connectivity index (χ2v) is 3.67. The van der Waals surface area contributed by atoms with E-state index in [1.165, 1.54) is 6.07 Å². The maximum Gasteiger partial charge on any atom is 0.248 e. The van der Waals surface area contributed by atoms with Crippen molar-refractivity contribution in [1.82, 2.24) is 9.97 Å². The van der Waals surface area contributed by atoms with Gasteiger partial charge in [0.1, 0.15) is 11.2 Å². The van der Waals surface area contributed by atoms with Gasteiger partial charge < -0.3 is 15.1 Å². The fourth-order valence-corrected chi connectivity index (χ4v) is 1.63. The highest BCUT2D eigenvalue weighted by Crippen LogP contribution is 2.23. The highest BCUT2D eigenvalue weighted by atomic mass is 16.3. The van der Waals surface area contributed by atoms with Gasteiger partial charge in [0, 0.05) is 11.8 Å². The molecule has 0 fully saturated rings. The molecule has 3 rings (SSSR count). The van der Waals surface area contributed by atoms with E-state index in [0.717, 1.165) is 0 Å². The highest BCUT2D eigenvalue weighted by Gasteiger charge is 2.08. The molecule has 0 unspecified atom stereocenters. The Kier molecular flexibility index (Phi) is 1.98. The van der Waals surface area contributed by atoms with Gasteiger partial charge in [-0.1, -0.05) is 6.07 Å². The first-order valence-corrected chi connectivity index (χ1v) is 5.08. The van der Waals surface area contributed by atoms with Crippen molar-refractivity contribution < 1.29 is 4.42 Å². The van der Waals surface area contributed by atoms with Gasteiger partial charge >= 0.3 is 0 Å². The van der Waals surface area contributed by atoms with E-state index in [-0.39, 0.29) is 5.56 Å². The number of nitrogens with zero attached hydrogens (tertiary/aromatic N) is 1. The molecule has 2 heterocycles. The fourth-order valence-electron chi connectivity index (χ4n) is 1.63. The van der Waals surface area contributed by atoms with Crippen molar-refractivity contribution in [3.63, 3.8) is 0 Å². The summed E-state index contributed by atoms with van der Waals surface area (Å²) >= 11 is 0. The van der Waals surface area contributed by atoms with Gasteiger partial charge in [-0.2, -0.15) is 0 Å². The van der Waals surface area contributed by atoms with Crippen LogP contribution in [0.25, 0.3) is 22.7 Å². The quantitative estimate of drug-likeness (QED) is 0.620. The third kappa shape index (κ3) is 1.67. The summed E-state index contributed by atoms with van der Waals surface area (Å²) in [6.07, 6.45) is 0. The second-order valence-electron chi connectivity index (χ2n) is 3.67. The van der Waals surface area contributed by atoms with Crippen LogP contribution in [0.5, 0.6) is 0 Å². The Morgan fingerprint density at radius 1 is 1.24 bits per heavy atom.